The molecule has 4 heterocycles. The van der Waals surface area contributed by atoms with Gasteiger partial charge in [0.25, 0.3) is 0 Å². The molecule has 0 bridgehead atoms. The third kappa shape index (κ3) is 6.23. The zero-order valence-corrected chi connectivity index (χ0v) is 29.9. The van der Waals surface area contributed by atoms with E-state index in [-0.39, 0.29) is 52.8 Å². The van der Waals surface area contributed by atoms with Crippen molar-refractivity contribution in [2.45, 2.75) is 84.9 Å². The number of hydrogen-bond acceptors (Lipinski definition) is 12. The number of phenols is 1. The second-order valence-electron chi connectivity index (χ2n) is 13.6. The molecule has 0 saturated carbocycles. The molecule has 0 spiro atoms. The predicted octanol–water partition coefficient (Wildman–Crippen LogP) is 1.71. The Morgan fingerprint density at radius 2 is 1.18 bits per heavy atom. The first kappa shape index (κ1) is 35.4. The van der Waals surface area contributed by atoms with E-state index in [0.717, 1.165) is 0 Å². The minimum Gasteiger partial charge on any atom is -0.504 e. The maximum Gasteiger partial charge on any atom is 0.330 e. The lowest BCUT2D eigenvalue weighted by Gasteiger charge is -2.43. The molecule has 4 aliphatic rings. The number of fused-ring (bicyclic) bond motifs is 2. The summed E-state index contributed by atoms with van der Waals surface area (Å²) in [5, 5.41) is 15.3. The van der Waals surface area contributed by atoms with Gasteiger partial charge in [-0.1, -0.05) is 18.2 Å². The molecule has 4 amide bonds. The number of nitrogens with zero attached hydrogens (tertiary/aromatic N) is 2. The van der Waals surface area contributed by atoms with Gasteiger partial charge in [0.1, 0.15) is 40.7 Å². The Labute approximate surface area is 296 Å². The number of carbonyl (C=O) groups excluding carboxylic acids is 6. The molecule has 2 aromatic rings. The zero-order chi connectivity index (χ0) is 36.3. The van der Waals surface area contributed by atoms with Crippen molar-refractivity contribution in [2.24, 2.45) is 0 Å². The number of thioether (sulfide) groups is 2. The highest BCUT2D eigenvalue weighted by Crippen LogP contribution is 2.52. The first-order valence-corrected chi connectivity index (χ1v) is 17.6. The van der Waals surface area contributed by atoms with E-state index < -0.39 is 51.5 Å². The highest BCUT2D eigenvalue weighted by Gasteiger charge is 2.65. The van der Waals surface area contributed by atoms with Crippen LogP contribution in [0.3, 0.4) is 0 Å². The van der Waals surface area contributed by atoms with Crippen LogP contribution in [0.5, 0.6) is 17.2 Å². The normalized spacial score (nSPS) is 26.9. The molecule has 2 aromatic carbocycles. The topological polar surface area (TPSA) is 181 Å². The summed E-state index contributed by atoms with van der Waals surface area (Å²) in [6, 6.07) is 8.17. The van der Waals surface area contributed by atoms with Crippen molar-refractivity contribution in [3.63, 3.8) is 0 Å². The molecule has 4 fully saturated rings. The van der Waals surface area contributed by atoms with Crippen molar-refractivity contribution in [2.75, 3.05) is 14.2 Å². The molecule has 6 rings (SSSR count). The number of phenolic OH excluding ortho intramolecular Hbond substituents is 1. The summed E-state index contributed by atoms with van der Waals surface area (Å²) in [7, 11) is 2.56. The van der Waals surface area contributed by atoms with Crippen LogP contribution in [0.25, 0.3) is 0 Å². The van der Waals surface area contributed by atoms with E-state index in [9.17, 15) is 33.9 Å². The second-order valence-corrected chi connectivity index (χ2v) is 17.1. The number of esters is 2. The molecule has 14 nitrogen and oxygen atoms in total. The van der Waals surface area contributed by atoms with E-state index in [1.54, 1.807) is 30.3 Å². The number of benzene rings is 2. The molecular weight excluding hydrogens is 689 g/mol. The number of rotatable bonds is 10. The Morgan fingerprint density at radius 1 is 0.740 bits per heavy atom. The summed E-state index contributed by atoms with van der Waals surface area (Å²) in [4.78, 5) is 79.1. The maximum atomic E-state index is 12.9. The van der Waals surface area contributed by atoms with Crippen molar-refractivity contribution >= 4 is 59.1 Å². The lowest BCUT2D eigenvalue weighted by molar-refractivity contribution is -0.162. The summed E-state index contributed by atoms with van der Waals surface area (Å²) >= 11 is 2.88. The van der Waals surface area contributed by atoms with Crippen LogP contribution < -0.4 is 15.4 Å². The molecule has 50 heavy (non-hydrogen) atoms. The fraction of sp³-hybridized carbons (Fsp3) is 0.471. The van der Waals surface area contributed by atoms with Crippen LogP contribution in [0.1, 0.15) is 38.8 Å². The number of β-lactam (4-membered cyclic amide) rings is 2. The molecule has 0 aromatic heterocycles. The standard InChI is InChI=1S/C34H38N4O10S2/c1-33(2)25(31(44)46-5)37-27(42)23(29(37)49-33)35-21(40)14-16-7-10-18(11-8-16)48-20-13-17(9-12-19(20)39)15-22(41)36-24-28(43)38-26(32(45)47-6)34(3,4)50-30(24)38/h7-13,23-26,29-30,39H,14-15H2,1-6H3,(H,35,40)(H,36,41). The molecule has 3 N–H and O–H groups in total. The summed E-state index contributed by atoms with van der Waals surface area (Å²) in [6.07, 6.45) is -0.0836. The van der Waals surface area contributed by atoms with Crippen molar-refractivity contribution in [3.05, 3.63) is 53.6 Å². The Kier molecular flexibility index (Phi) is 9.22. The van der Waals surface area contributed by atoms with Gasteiger partial charge in [-0.2, -0.15) is 0 Å². The minimum atomic E-state index is -0.772. The third-order valence-corrected chi connectivity index (χ3v) is 12.4. The van der Waals surface area contributed by atoms with Crippen LogP contribution >= 0.6 is 23.5 Å². The van der Waals surface area contributed by atoms with Crippen LogP contribution in [-0.2, 0) is 51.1 Å². The van der Waals surface area contributed by atoms with Crippen molar-refractivity contribution in [3.8, 4) is 17.2 Å². The lowest BCUT2D eigenvalue weighted by atomic mass is 9.96. The first-order chi connectivity index (χ1) is 23.6. The Hall–Kier alpha value is -4.44. The zero-order valence-electron chi connectivity index (χ0n) is 28.3. The smallest absolute Gasteiger partial charge is 0.330 e. The summed E-state index contributed by atoms with van der Waals surface area (Å²) in [5.41, 5.74) is 1.19. The second kappa shape index (κ2) is 13.0. The fourth-order valence-corrected chi connectivity index (χ4v) is 10.1. The Morgan fingerprint density at radius 3 is 1.64 bits per heavy atom. The first-order valence-electron chi connectivity index (χ1n) is 15.9. The van der Waals surface area contributed by atoms with Crippen LogP contribution in [0.15, 0.2) is 42.5 Å². The van der Waals surface area contributed by atoms with Crippen molar-refractivity contribution < 1.29 is 48.1 Å². The van der Waals surface area contributed by atoms with Crippen LogP contribution in [0.4, 0.5) is 0 Å². The van der Waals surface area contributed by atoms with Gasteiger partial charge in [0.2, 0.25) is 23.6 Å². The molecule has 4 aliphatic heterocycles. The van der Waals surface area contributed by atoms with Gasteiger partial charge in [-0.15, -0.1) is 23.5 Å². The Balaban J connectivity index is 1.01. The van der Waals surface area contributed by atoms with Crippen molar-refractivity contribution in [1.29, 1.82) is 0 Å². The molecule has 4 saturated heterocycles. The van der Waals surface area contributed by atoms with E-state index >= 15 is 0 Å². The van der Waals surface area contributed by atoms with Crippen LogP contribution in [0, 0.1) is 0 Å². The highest BCUT2D eigenvalue weighted by molar-refractivity contribution is 8.02. The van der Waals surface area contributed by atoms with Crippen molar-refractivity contribution in [1.82, 2.24) is 20.4 Å². The van der Waals surface area contributed by atoms with E-state index in [2.05, 4.69) is 10.6 Å². The molecule has 0 radical (unpaired) electrons. The monoisotopic (exact) mass is 726 g/mol. The summed E-state index contributed by atoms with van der Waals surface area (Å²) < 4.78 is 14.5. The average Bonchev–Trinajstić information content (AvgIpc) is 3.48. The third-order valence-electron chi connectivity index (χ3n) is 9.27. The number of ether oxygens (including phenoxy) is 3. The SMILES string of the molecule is COC(=O)C1N2C(=O)C(NC(=O)Cc3ccc(Oc4cc(CC(=O)NC5C(=O)N6C5SC(C)(C)C6C(=O)OC)ccc4O)cc3)C2SC1(C)C. The van der Waals surface area contributed by atoms with E-state index in [1.807, 2.05) is 27.7 Å². The highest BCUT2D eigenvalue weighted by atomic mass is 32.2. The fourth-order valence-electron chi connectivity index (χ4n) is 6.85. The number of methoxy groups -OCH3 is 2. The number of aromatic hydroxyl groups is 1. The van der Waals surface area contributed by atoms with Gasteiger partial charge >= 0.3 is 11.9 Å². The molecule has 0 aliphatic carbocycles. The van der Waals surface area contributed by atoms with Gasteiger partial charge in [0, 0.05) is 9.49 Å². The lowest BCUT2D eigenvalue weighted by Crippen LogP contribution is -2.70. The van der Waals surface area contributed by atoms with E-state index in [0.29, 0.717) is 16.9 Å². The molecule has 266 valence electrons. The van der Waals surface area contributed by atoms with Gasteiger partial charge in [-0.3, -0.25) is 19.2 Å². The quantitative estimate of drug-likeness (QED) is 0.239. The molecule has 16 heteroatoms. The van der Waals surface area contributed by atoms with Crippen LogP contribution in [-0.4, -0.2) is 109 Å². The summed E-state index contributed by atoms with van der Waals surface area (Å²) in [6.45, 7) is 7.45. The number of nitrogens with one attached hydrogen (secondary N) is 2. The Bertz CT molecular complexity index is 1770. The van der Waals surface area contributed by atoms with Gasteiger partial charge in [-0.05, 0) is 63.1 Å². The number of amides is 4. The predicted molar refractivity (Wildman–Crippen MR) is 182 cm³/mol. The number of hydrogen-bond donors (Lipinski definition) is 3. The van der Waals surface area contributed by atoms with Gasteiger partial charge in [0.05, 0.1) is 27.1 Å². The van der Waals surface area contributed by atoms with E-state index in [4.69, 9.17) is 14.2 Å². The van der Waals surface area contributed by atoms with Gasteiger partial charge < -0.3 is 39.8 Å². The number of carbonyl (C=O) groups is 6. The molecule has 6 atom stereocenters. The van der Waals surface area contributed by atoms with Gasteiger partial charge in [-0.25, -0.2) is 9.59 Å². The van der Waals surface area contributed by atoms with E-state index in [1.165, 1.54) is 59.7 Å². The average molecular weight is 727 g/mol. The maximum absolute atomic E-state index is 12.9. The minimum absolute atomic E-state index is 0.00256. The molecule has 6 unspecified atom stereocenters. The summed E-state index contributed by atoms with van der Waals surface area (Å²) in [5.74, 6) is -2.09. The molecular formula is C34H38N4O10S2. The van der Waals surface area contributed by atoms with Crippen LogP contribution in [0.2, 0.25) is 0 Å². The van der Waals surface area contributed by atoms with Gasteiger partial charge in [0.15, 0.2) is 11.5 Å². The largest absolute Gasteiger partial charge is 0.504 e.